The summed E-state index contributed by atoms with van der Waals surface area (Å²) >= 11 is 0. The van der Waals surface area contributed by atoms with Crippen LogP contribution in [0.15, 0.2) is 0 Å². The second-order valence-electron chi connectivity index (χ2n) is 4.91. The third-order valence-corrected chi connectivity index (χ3v) is 3.54. The molecular formula is C13H25N3. The minimum absolute atomic E-state index is 0.546. The first-order chi connectivity index (χ1) is 7.65. The molecule has 0 bridgehead atoms. The van der Waals surface area contributed by atoms with E-state index >= 15 is 0 Å². The molecule has 0 amide bonds. The molecule has 1 heterocycles. The number of rotatable bonds is 5. The fourth-order valence-electron chi connectivity index (χ4n) is 2.33. The van der Waals surface area contributed by atoms with Crippen LogP contribution in [0.3, 0.4) is 0 Å². The van der Waals surface area contributed by atoms with Crippen LogP contribution in [0.4, 0.5) is 0 Å². The lowest BCUT2D eigenvalue weighted by Gasteiger charge is -2.39. The third-order valence-electron chi connectivity index (χ3n) is 3.54. The third kappa shape index (κ3) is 4.13. The van der Waals surface area contributed by atoms with Crippen molar-refractivity contribution < 1.29 is 0 Å². The van der Waals surface area contributed by atoms with Gasteiger partial charge in [0.15, 0.2) is 0 Å². The topological polar surface area (TPSA) is 18.5 Å². The van der Waals surface area contributed by atoms with Crippen molar-refractivity contribution in [1.82, 2.24) is 15.1 Å². The molecule has 0 aliphatic carbocycles. The number of likely N-dealkylation sites (N-methyl/N-ethyl adjacent to an activating group) is 2. The van der Waals surface area contributed by atoms with Gasteiger partial charge in [-0.25, -0.2) is 0 Å². The zero-order valence-electron chi connectivity index (χ0n) is 10.9. The summed E-state index contributed by atoms with van der Waals surface area (Å²) in [5, 5.41) is 3.27. The van der Waals surface area contributed by atoms with Crippen LogP contribution >= 0.6 is 0 Å². The Morgan fingerprint density at radius 3 is 3.00 bits per heavy atom. The first-order valence-electron chi connectivity index (χ1n) is 6.19. The Labute approximate surface area is 100 Å². The molecule has 0 aromatic heterocycles. The SMILES string of the molecule is C#CCNCC(C)N(C)C1CCCN(C)C1. The fourth-order valence-corrected chi connectivity index (χ4v) is 2.33. The van der Waals surface area contributed by atoms with Crippen LogP contribution in [0.2, 0.25) is 0 Å². The largest absolute Gasteiger partial charge is 0.305 e. The molecule has 1 saturated heterocycles. The first kappa shape index (κ1) is 13.5. The Morgan fingerprint density at radius 2 is 2.38 bits per heavy atom. The molecule has 1 rings (SSSR count). The molecule has 0 aromatic rings. The van der Waals surface area contributed by atoms with Gasteiger partial charge in [0.05, 0.1) is 6.54 Å². The summed E-state index contributed by atoms with van der Waals surface area (Å²) in [4.78, 5) is 4.91. The molecule has 1 N–H and O–H groups in total. The zero-order valence-corrected chi connectivity index (χ0v) is 10.9. The molecule has 16 heavy (non-hydrogen) atoms. The number of hydrogen-bond acceptors (Lipinski definition) is 3. The van der Waals surface area contributed by atoms with Crippen LogP contribution in [-0.4, -0.2) is 62.2 Å². The second-order valence-corrected chi connectivity index (χ2v) is 4.91. The summed E-state index contributed by atoms with van der Waals surface area (Å²) in [5.41, 5.74) is 0. The maximum absolute atomic E-state index is 5.22. The van der Waals surface area contributed by atoms with Crippen LogP contribution in [0.25, 0.3) is 0 Å². The summed E-state index contributed by atoms with van der Waals surface area (Å²) in [6.45, 7) is 6.34. The Kier molecular flexibility index (Phi) is 5.83. The van der Waals surface area contributed by atoms with E-state index < -0.39 is 0 Å². The van der Waals surface area contributed by atoms with Gasteiger partial charge in [-0.15, -0.1) is 6.42 Å². The van der Waals surface area contributed by atoms with E-state index in [0.717, 1.165) is 6.54 Å². The molecule has 92 valence electrons. The predicted octanol–water partition coefficient (Wildman–Crippen LogP) is 0.624. The van der Waals surface area contributed by atoms with E-state index in [4.69, 9.17) is 6.42 Å². The van der Waals surface area contributed by atoms with E-state index in [2.05, 4.69) is 42.1 Å². The predicted molar refractivity (Wildman–Crippen MR) is 69.4 cm³/mol. The number of terminal acetylenes is 1. The van der Waals surface area contributed by atoms with Crippen LogP contribution in [0.5, 0.6) is 0 Å². The van der Waals surface area contributed by atoms with E-state index in [0.29, 0.717) is 18.6 Å². The lowest BCUT2D eigenvalue weighted by molar-refractivity contribution is 0.105. The second kappa shape index (κ2) is 6.90. The first-order valence-corrected chi connectivity index (χ1v) is 6.19. The lowest BCUT2D eigenvalue weighted by Crippen LogP contribution is -2.50. The van der Waals surface area contributed by atoms with Gasteiger partial charge in [0.25, 0.3) is 0 Å². The summed E-state index contributed by atoms with van der Waals surface area (Å²) in [6.07, 6.45) is 7.85. The number of nitrogens with zero attached hydrogens (tertiary/aromatic N) is 2. The quantitative estimate of drug-likeness (QED) is 0.545. The summed E-state index contributed by atoms with van der Waals surface area (Å²) in [5.74, 6) is 2.61. The van der Waals surface area contributed by atoms with Crippen molar-refractivity contribution in [2.45, 2.75) is 31.8 Å². The molecule has 1 aliphatic rings. The minimum Gasteiger partial charge on any atom is -0.305 e. The zero-order chi connectivity index (χ0) is 12.0. The van der Waals surface area contributed by atoms with E-state index in [9.17, 15) is 0 Å². The fraction of sp³-hybridized carbons (Fsp3) is 0.846. The molecule has 1 fully saturated rings. The van der Waals surface area contributed by atoms with Gasteiger partial charge in [-0.2, -0.15) is 0 Å². The van der Waals surface area contributed by atoms with Gasteiger partial charge in [-0.1, -0.05) is 5.92 Å². The average molecular weight is 223 g/mol. The molecule has 3 heteroatoms. The highest BCUT2D eigenvalue weighted by molar-refractivity contribution is 4.88. The highest BCUT2D eigenvalue weighted by Crippen LogP contribution is 2.15. The highest BCUT2D eigenvalue weighted by atomic mass is 15.2. The van der Waals surface area contributed by atoms with Crippen LogP contribution < -0.4 is 5.32 Å². The molecule has 2 unspecified atom stereocenters. The molecule has 0 spiro atoms. The summed E-state index contributed by atoms with van der Waals surface area (Å²) in [6, 6.07) is 1.24. The van der Waals surface area contributed by atoms with Gasteiger partial charge in [0.1, 0.15) is 0 Å². The van der Waals surface area contributed by atoms with Crippen molar-refractivity contribution in [3.63, 3.8) is 0 Å². The molecular weight excluding hydrogens is 198 g/mol. The lowest BCUT2D eigenvalue weighted by atomic mass is 10.0. The average Bonchev–Trinajstić information content (AvgIpc) is 2.28. The van der Waals surface area contributed by atoms with Crippen molar-refractivity contribution >= 4 is 0 Å². The van der Waals surface area contributed by atoms with Gasteiger partial charge in [-0.05, 0) is 40.4 Å². The number of nitrogens with one attached hydrogen (secondary N) is 1. The highest BCUT2D eigenvalue weighted by Gasteiger charge is 2.23. The molecule has 2 atom stereocenters. The Balaban J connectivity index is 2.31. The summed E-state index contributed by atoms with van der Waals surface area (Å²) < 4.78 is 0. The van der Waals surface area contributed by atoms with Crippen LogP contribution in [0, 0.1) is 12.3 Å². The van der Waals surface area contributed by atoms with Crippen molar-refractivity contribution in [2.75, 3.05) is 40.3 Å². The van der Waals surface area contributed by atoms with Crippen molar-refractivity contribution in [2.24, 2.45) is 0 Å². The summed E-state index contributed by atoms with van der Waals surface area (Å²) in [7, 11) is 4.44. The van der Waals surface area contributed by atoms with E-state index in [1.165, 1.54) is 25.9 Å². The Bertz CT molecular complexity index is 234. The van der Waals surface area contributed by atoms with Crippen molar-refractivity contribution in [3.05, 3.63) is 0 Å². The van der Waals surface area contributed by atoms with Crippen molar-refractivity contribution in [3.8, 4) is 12.3 Å². The van der Waals surface area contributed by atoms with Gasteiger partial charge in [0.2, 0.25) is 0 Å². The number of piperidine rings is 1. The van der Waals surface area contributed by atoms with Crippen LogP contribution in [-0.2, 0) is 0 Å². The monoisotopic (exact) mass is 223 g/mol. The standard InChI is InChI=1S/C13H25N3/c1-5-8-14-10-12(2)16(4)13-7-6-9-15(3)11-13/h1,12-14H,6-11H2,2-4H3. The molecule has 0 aromatic carbocycles. The van der Waals surface area contributed by atoms with Gasteiger partial charge >= 0.3 is 0 Å². The Hall–Kier alpha value is -0.560. The molecule has 0 saturated carbocycles. The minimum atomic E-state index is 0.546. The van der Waals surface area contributed by atoms with E-state index in [1.807, 2.05) is 0 Å². The van der Waals surface area contributed by atoms with E-state index in [-0.39, 0.29) is 0 Å². The maximum Gasteiger partial charge on any atom is 0.0574 e. The molecule has 3 nitrogen and oxygen atoms in total. The Morgan fingerprint density at radius 1 is 1.62 bits per heavy atom. The van der Waals surface area contributed by atoms with Crippen molar-refractivity contribution in [1.29, 1.82) is 0 Å². The van der Waals surface area contributed by atoms with Gasteiger partial charge in [0, 0.05) is 25.2 Å². The molecule has 1 aliphatic heterocycles. The van der Waals surface area contributed by atoms with Gasteiger partial charge < -0.3 is 10.2 Å². The number of hydrogen-bond donors (Lipinski definition) is 1. The van der Waals surface area contributed by atoms with E-state index in [1.54, 1.807) is 0 Å². The normalized spacial score (nSPS) is 24.3. The maximum atomic E-state index is 5.22. The number of likely N-dealkylation sites (tertiary alicyclic amines) is 1. The van der Waals surface area contributed by atoms with Gasteiger partial charge in [-0.3, -0.25) is 4.90 Å². The van der Waals surface area contributed by atoms with Crippen LogP contribution in [0.1, 0.15) is 19.8 Å². The smallest absolute Gasteiger partial charge is 0.0574 e. The molecule has 0 radical (unpaired) electrons.